The molecule has 0 bridgehead atoms. The van der Waals surface area contributed by atoms with Crippen LogP contribution in [0.15, 0.2) is 29.2 Å². The van der Waals surface area contributed by atoms with Gasteiger partial charge in [-0.15, -0.1) is 0 Å². The highest BCUT2D eigenvalue weighted by molar-refractivity contribution is 7.85. The first-order valence-corrected chi connectivity index (χ1v) is 13.2. The molecule has 2 aliphatic heterocycles. The lowest BCUT2D eigenvalue weighted by Gasteiger charge is -2.42. The predicted octanol–water partition coefficient (Wildman–Crippen LogP) is 3.23. The van der Waals surface area contributed by atoms with Gasteiger partial charge in [0.2, 0.25) is 5.95 Å². The first-order valence-electron chi connectivity index (χ1n) is 11.5. The lowest BCUT2D eigenvalue weighted by atomic mass is 9.77. The van der Waals surface area contributed by atoms with E-state index in [4.69, 9.17) is 21.6 Å². The second-order valence-corrected chi connectivity index (χ2v) is 11.0. The van der Waals surface area contributed by atoms with Gasteiger partial charge in [-0.25, -0.2) is 4.98 Å². The maximum Gasteiger partial charge on any atom is 0.227 e. The Morgan fingerprint density at radius 2 is 1.75 bits per heavy atom. The molecule has 0 unspecified atom stereocenters. The molecule has 7 nitrogen and oxygen atoms in total. The highest BCUT2D eigenvalue weighted by atomic mass is 35.5. The van der Waals surface area contributed by atoms with Gasteiger partial charge in [-0.3, -0.25) is 4.21 Å². The number of nitrogens with one attached hydrogen (secondary N) is 1. The van der Waals surface area contributed by atoms with Gasteiger partial charge in [0.1, 0.15) is 10.7 Å². The van der Waals surface area contributed by atoms with E-state index in [0.717, 1.165) is 80.3 Å². The van der Waals surface area contributed by atoms with Crippen LogP contribution in [0.3, 0.4) is 0 Å². The van der Waals surface area contributed by atoms with Crippen LogP contribution in [0, 0.1) is 0 Å². The fourth-order valence-electron chi connectivity index (χ4n) is 4.74. The van der Waals surface area contributed by atoms with Gasteiger partial charge in [-0.05, 0) is 62.8 Å². The van der Waals surface area contributed by atoms with Crippen molar-refractivity contribution in [2.45, 2.75) is 49.0 Å². The molecule has 0 amide bonds. The molecule has 9 heteroatoms. The molecule has 1 saturated heterocycles. The molecule has 2 fully saturated rings. The van der Waals surface area contributed by atoms with Crippen LogP contribution in [0.4, 0.5) is 17.5 Å². The SMILES string of the molecule is O=[S@]1CCCCc2nc(N3CCN(c4ccc(Cl)cc4)CC3)nc(NC3(CO)CCC3)c21. The summed E-state index contributed by atoms with van der Waals surface area (Å²) >= 11 is 6.03. The van der Waals surface area contributed by atoms with E-state index < -0.39 is 10.8 Å². The molecule has 0 spiro atoms. The van der Waals surface area contributed by atoms with Crippen molar-refractivity contribution in [3.63, 3.8) is 0 Å². The lowest BCUT2D eigenvalue weighted by molar-refractivity contribution is 0.143. The zero-order valence-electron chi connectivity index (χ0n) is 18.2. The number of fused-ring (bicyclic) bond motifs is 1. The molecular formula is C23H30ClN5O2S. The van der Waals surface area contributed by atoms with Crippen LogP contribution < -0.4 is 15.1 Å². The topological polar surface area (TPSA) is 81.6 Å². The normalized spacial score (nSPS) is 22.6. The van der Waals surface area contributed by atoms with Crippen molar-refractivity contribution < 1.29 is 9.32 Å². The minimum absolute atomic E-state index is 0.0630. The maximum atomic E-state index is 13.0. The predicted molar refractivity (Wildman–Crippen MR) is 129 cm³/mol. The summed E-state index contributed by atoms with van der Waals surface area (Å²) < 4.78 is 13.0. The Labute approximate surface area is 196 Å². The Morgan fingerprint density at radius 3 is 2.41 bits per heavy atom. The number of anilines is 3. The fourth-order valence-corrected chi connectivity index (χ4v) is 6.26. The van der Waals surface area contributed by atoms with Crippen molar-refractivity contribution in [1.29, 1.82) is 0 Å². The summed E-state index contributed by atoms with van der Waals surface area (Å²) in [6.07, 6.45) is 5.65. The molecule has 3 heterocycles. The quantitative estimate of drug-likeness (QED) is 0.687. The minimum atomic E-state index is -1.11. The van der Waals surface area contributed by atoms with Gasteiger partial charge in [0.25, 0.3) is 0 Å². The van der Waals surface area contributed by atoms with E-state index in [1.165, 1.54) is 5.69 Å². The zero-order valence-corrected chi connectivity index (χ0v) is 19.8. The summed E-state index contributed by atoms with van der Waals surface area (Å²) in [5.41, 5.74) is 1.73. The van der Waals surface area contributed by atoms with Crippen molar-refractivity contribution in [3.05, 3.63) is 35.0 Å². The second-order valence-electron chi connectivity index (χ2n) is 9.02. The molecule has 172 valence electrons. The van der Waals surface area contributed by atoms with Crippen molar-refractivity contribution in [2.24, 2.45) is 0 Å². The molecule has 5 rings (SSSR count). The molecule has 1 aliphatic carbocycles. The summed E-state index contributed by atoms with van der Waals surface area (Å²) in [5, 5.41) is 14.2. The number of nitrogens with zero attached hydrogens (tertiary/aromatic N) is 4. The summed E-state index contributed by atoms with van der Waals surface area (Å²) in [7, 11) is -1.11. The van der Waals surface area contributed by atoms with Crippen molar-refractivity contribution in [2.75, 3.05) is 53.7 Å². The first kappa shape index (κ1) is 21.9. The van der Waals surface area contributed by atoms with E-state index in [0.29, 0.717) is 17.5 Å². The average molecular weight is 476 g/mol. The molecule has 1 atom stereocenters. The largest absolute Gasteiger partial charge is 0.394 e. The second kappa shape index (κ2) is 9.15. The number of piperazine rings is 1. The van der Waals surface area contributed by atoms with Crippen LogP contribution in [0.5, 0.6) is 0 Å². The summed E-state index contributed by atoms with van der Waals surface area (Å²) in [4.78, 5) is 15.1. The maximum absolute atomic E-state index is 13.0. The Bertz CT molecular complexity index is 985. The molecule has 2 aromatic rings. The zero-order chi connectivity index (χ0) is 22.1. The first-order chi connectivity index (χ1) is 15.6. The van der Waals surface area contributed by atoms with Crippen LogP contribution in [0.2, 0.25) is 5.02 Å². The number of aliphatic hydroxyl groups excluding tert-OH is 1. The number of aliphatic hydroxyl groups is 1. The van der Waals surface area contributed by atoms with Crippen LogP contribution in [-0.4, -0.2) is 63.4 Å². The van der Waals surface area contributed by atoms with Gasteiger partial charge < -0.3 is 20.2 Å². The molecule has 1 aromatic heterocycles. The lowest BCUT2D eigenvalue weighted by Crippen LogP contribution is -2.49. The Kier molecular flexibility index (Phi) is 6.27. The van der Waals surface area contributed by atoms with E-state index in [2.05, 4.69) is 27.2 Å². The molecule has 32 heavy (non-hydrogen) atoms. The number of hydrogen-bond acceptors (Lipinski definition) is 7. The van der Waals surface area contributed by atoms with Crippen LogP contribution in [0.25, 0.3) is 0 Å². The highest BCUT2D eigenvalue weighted by Crippen LogP contribution is 2.38. The number of aromatic nitrogens is 2. The number of aryl methyl sites for hydroxylation is 1. The van der Waals surface area contributed by atoms with Crippen LogP contribution >= 0.6 is 11.6 Å². The van der Waals surface area contributed by atoms with Gasteiger partial charge in [0.05, 0.1) is 28.6 Å². The van der Waals surface area contributed by atoms with Gasteiger partial charge in [-0.1, -0.05) is 11.6 Å². The van der Waals surface area contributed by atoms with Crippen molar-refractivity contribution in [3.8, 4) is 0 Å². The van der Waals surface area contributed by atoms with Gasteiger partial charge >= 0.3 is 0 Å². The summed E-state index contributed by atoms with van der Waals surface area (Å²) in [6, 6.07) is 7.96. The molecule has 3 aliphatic rings. The fraction of sp³-hybridized carbons (Fsp3) is 0.565. The molecular weight excluding hydrogens is 446 g/mol. The highest BCUT2D eigenvalue weighted by Gasteiger charge is 2.38. The van der Waals surface area contributed by atoms with Gasteiger partial charge in [0.15, 0.2) is 0 Å². The number of rotatable bonds is 5. The third-order valence-corrected chi connectivity index (χ3v) is 8.69. The average Bonchev–Trinajstić information content (AvgIpc) is 2.98. The molecule has 1 aromatic carbocycles. The van der Waals surface area contributed by atoms with Crippen molar-refractivity contribution in [1.82, 2.24) is 9.97 Å². The third kappa shape index (κ3) is 4.32. The standard InChI is InChI=1S/C23H30ClN5O2S/c24-17-5-7-18(8-6-17)28-11-13-29(14-12-28)22-25-19-4-1-2-15-32(31)20(19)21(26-22)27-23(16-30)9-3-10-23/h5-8,30H,1-4,9-16H2,(H,25,26,27)/t32-/m0/s1. The molecule has 1 saturated carbocycles. The van der Waals surface area contributed by atoms with Gasteiger partial charge in [0, 0.05) is 42.6 Å². The Balaban J connectivity index is 1.40. The Hall–Kier alpha value is -1.90. The van der Waals surface area contributed by atoms with E-state index in [9.17, 15) is 9.32 Å². The van der Waals surface area contributed by atoms with E-state index >= 15 is 0 Å². The van der Waals surface area contributed by atoms with Crippen LogP contribution in [0.1, 0.15) is 37.8 Å². The van der Waals surface area contributed by atoms with E-state index in [-0.39, 0.29) is 12.1 Å². The number of hydrogen-bond donors (Lipinski definition) is 2. The third-order valence-electron chi connectivity index (χ3n) is 6.90. The van der Waals surface area contributed by atoms with Gasteiger partial charge in [-0.2, -0.15) is 4.98 Å². The molecule has 2 N–H and O–H groups in total. The number of halogens is 1. The smallest absolute Gasteiger partial charge is 0.227 e. The summed E-state index contributed by atoms with van der Waals surface area (Å²) in [5.74, 6) is 2.02. The van der Waals surface area contributed by atoms with E-state index in [1.807, 2.05) is 12.1 Å². The number of benzene rings is 1. The molecule has 0 radical (unpaired) electrons. The summed E-state index contributed by atoms with van der Waals surface area (Å²) in [6.45, 7) is 3.44. The van der Waals surface area contributed by atoms with Crippen molar-refractivity contribution >= 4 is 39.9 Å². The van der Waals surface area contributed by atoms with Crippen LogP contribution in [-0.2, 0) is 17.2 Å². The minimum Gasteiger partial charge on any atom is -0.394 e. The monoisotopic (exact) mass is 475 g/mol. The van der Waals surface area contributed by atoms with E-state index in [1.54, 1.807) is 0 Å². The Morgan fingerprint density at radius 1 is 1.03 bits per heavy atom.